The van der Waals surface area contributed by atoms with Gasteiger partial charge in [-0.05, 0) is 80.1 Å². The second-order valence-electron chi connectivity index (χ2n) is 12.9. The summed E-state index contributed by atoms with van der Waals surface area (Å²) in [7, 11) is -8.04. The first kappa shape index (κ1) is 37.9. The molecule has 14 heteroatoms. The molecule has 0 spiro atoms. The minimum absolute atomic E-state index is 0.189. The smallest absolute Gasteiger partial charge is 0.215 e. The minimum atomic E-state index is -2.89. The Kier molecular flexibility index (Phi) is 13.7. The topological polar surface area (TPSA) is 163 Å². The number of rotatable bonds is 17. The van der Waals surface area contributed by atoms with E-state index in [0.29, 0.717) is 6.42 Å². The number of halogens is 1. The molecule has 0 aliphatic carbocycles. The monoisotopic (exact) mass is 720 g/mol. The van der Waals surface area contributed by atoms with Crippen molar-refractivity contribution in [2.75, 3.05) is 6.66 Å². The van der Waals surface area contributed by atoms with E-state index < -0.39 is 27.9 Å². The van der Waals surface area contributed by atoms with Gasteiger partial charge in [0.15, 0.2) is 7.36 Å². The highest BCUT2D eigenvalue weighted by Gasteiger charge is 2.43. The standard InChI is InChI=1S/C25H60IN10P3/c1-13-17-21(7)30-39(32-24(10,16-4)19-25(11,28)20(5)6)35-37(12,33-26)34-38(29,36-39)31-23(9,15-3)18-22(8,27)14-2/h21,30-33H,5,13-19,27-29H2,1-4,6-12H3. The second kappa shape index (κ2) is 14.1. The Morgan fingerprint density at radius 3 is 1.90 bits per heavy atom. The maximum atomic E-state index is 7.25. The average Bonchev–Trinajstić information content (AvgIpc) is 2.77. The van der Waals surface area contributed by atoms with E-state index in [1.54, 1.807) is 0 Å². The van der Waals surface area contributed by atoms with Crippen LogP contribution in [0.4, 0.5) is 0 Å². The highest BCUT2D eigenvalue weighted by molar-refractivity contribution is 14.1. The van der Waals surface area contributed by atoms with Gasteiger partial charge in [0.05, 0.1) is 0 Å². The molecular weight excluding hydrogens is 660 g/mol. The highest BCUT2D eigenvalue weighted by atomic mass is 127. The van der Waals surface area contributed by atoms with Gasteiger partial charge in [-0.1, -0.05) is 46.3 Å². The van der Waals surface area contributed by atoms with E-state index in [9.17, 15) is 0 Å². The van der Waals surface area contributed by atoms with Crippen LogP contribution in [-0.2, 0) is 0 Å². The third kappa shape index (κ3) is 11.1. The van der Waals surface area contributed by atoms with Gasteiger partial charge in [0.1, 0.15) is 0 Å². The third-order valence-electron chi connectivity index (χ3n) is 7.92. The van der Waals surface area contributed by atoms with Crippen molar-refractivity contribution in [3.05, 3.63) is 12.2 Å². The number of nitrogens with one attached hydrogen (secondary N) is 4. The molecule has 8 atom stereocenters. The van der Waals surface area contributed by atoms with E-state index in [2.05, 4.69) is 110 Å². The van der Waals surface area contributed by atoms with Gasteiger partial charge in [0.25, 0.3) is 0 Å². The van der Waals surface area contributed by atoms with Gasteiger partial charge in [-0.15, -0.1) is 0 Å². The molecule has 0 radical (unpaired) electrons. The number of hydrogen-bond acceptors (Lipinski definition) is 10. The summed E-state index contributed by atoms with van der Waals surface area (Å²) in [6.07, 6.45) is 6.06. The van der Waals surface area contributed by atoms with E-state index in [4.69, 9.17) is 30.5 Å². The number of nitrogens with two attached hydrogens (primary N) is 3. The van der Waals surface area contributed by atoms with E-state index in [1.165, 1.54) is 0 Å². The maximum absolute atomic E-state index is 7.25. The normalized spacial score (nSPS) is 32.3. The molecule has 39 heavy (non-hydrogen) atoms. The Bertz CT molecular complexity index is 1030. The first-order chi connectivity index (χ1) is 17.6. The predicted molar refractivity (Wildman–Crippen MR) is 186 cm³/mol. The fourth-order valence-corrected chi connectivity index (χ4v) is 18.1. The summed E-state index contributed by atoms with van der Waals surface area (Å²) >= 11 is 2.17. The lowest BCUT2D eigenvalue weighted by Crippen LogP contribution is -2.52. The fraction of sp³-hybridized carbons (Fsp3) is 0.920. The summed E-state index contributed by atoms with van der Waals surface area (Å²) < 4.78 is 19.4. The zero-order valence-electron chi connectivity index (χ0n) is 26.5. The molecule has 1 heterocycles. The predicted octanol–water partition coefficient (Wildman–Crippen LogP) is 7.95. The molecule has 0 saturated heterocycles. The summed E-state index contributed by atoms with van der Waals surface area (Å²) in [5.41, 5.74) is 20.0. The zero-order valence-corrected chi connectivity index (χ0v) is 31.4. The first-order valence-corrected chi connectivity index (χ1v) is 20.9. The van der Waals surface area contributed by atoms with Gasteiger partial charge in [-0.25, -0.2) is 13.5 Å². The van der Waals surface area contributed by atoms with Crippen LogP contribution in [0.15, 0.2) is 25.7 Å². The lowest BCUT2D eigenvalue weighted by atomic mass is 9.80. The van der Waals surface area contributed by atoms with E-state index >= 15 is 0 Å². The number of nitrogens with zero attached hydrogens (tertiary/aromatic N) is 3. The van der Waals surface area contributed by atoms with Crippen LogP contribution in [0.5, 0.6) is 0 Å². The van der Waals surface area contributed by atoms with Crippen molar-refractivity contribution in [2.45, 2.75) is 142 Å². The lowest BCUT2D eigenvalue weighted by molar-refractivity contribution is 0.278. The van der Waals surface area contributed by atoms with Crippen molar-refractivity contribution in [2.24, 2.45) is 30.5 Å². The molecule has 0 bridgehead atoms. The van der Waals surface area contributed by atoms with Gasteiger partial charge in [-0.2, -0.15) is 13.5 Å². The van der Waals surface area contributed by atoms with Crippen molar-refractivity contribution in [1.29, 1.82) is 0 Å². The van der Waals surface area contributed by atoms with Crippen LogP contribution in [0.2, 0.25) is 0 Å². The van der Waals surface area contributed by atoms with Crippen LogP contribution in [0.1, 0.15) is 114 Å². The van der Waals surface area contributed by atoms with Crippen LogP contribution in [0, 0.1) is 0 Å². The molecule has 1 rings (SSSR count). The van der Waals surface area contributed by atoms with Crippen molar-refractivity contribution >= 4 is 45.2 Å². The van der Waals surface area contributed by atoms with E-state index in [-0.39, 0.29) is 22.7 Å². The Hall–Kier alpha value is 0.880. The second-order valence-corrected chi connectivity index (χ2v) is 21.7. The Labute approximate surface area is 254 Å². The van der Waals surface area contributed by atoms with Crippen LogP contribution >= 0.6 is 45.2 Å². The Morgan fingerprint density at radius 2 is 1.46 bits per heavy atom. The maximum Gasteiger partial charge on any atom is 0.215 e. The molecule has 1 aliphatic rings. The van der Waals surface area contributed by atoms with Gasteiger partial charge < -0.3 is 11.5 Å². The lowest BCUT2D eigenvalue weighted by Gasteiger charge is -2.45. The van der Waals surface area contributed by atoms with Crippen LogP contribution < -0.4 is 35.5 Å². The van der Waals surface area contributed by atoms with Gasteiger partial charge >= 0.3 is 0 Å². The molecule has 0 amide bonds. The largest absolute Gasteiger partial charge is 0.325 e. The van der Waals surface area contributed by atoms with Gasteiger partial charge in [-0.3, -0.25) is 10.6 Å². The van der Waals surface area contributed by atoms with Crippen molar-refractivity contribution in [3.8, 4) is 0 Å². The summed E-state index contributed by atoms with van der Waals surface area (Å²) in [5, 5.41) is 11.6. The molecule has 10 nitrogen and oxygen atoms in total. The molecule has 0 aromatic heterocycles. The summed E-state index contributed by atoms with van der Waals surface area (Å²) in [6.45, 7) is 27.6. The van der Waals surface area contributed by atoms with Crippen LogP contribution in [0.3, 0.4) is 0 Å². The molecular formula is C25H60IN10P3. The van der Waals surface area contributed by atoms with Gasteiger partial charge in [0.2, 0.25) is 15.0 Å². The molecule has 0 saturated carbocycles. The van der Waals surface area contributed by atoms with Crippen molar-refractivity contribution in [1.82, 2.24) is 18.6 Å². The van der Waals surface area contributed by atoms with E-state index in [0.717, 1.165) is 44.1 Å². The summed E-state index contributed by atoms with van der Waals surface area (Å²) in [5.74, 6) is 0. The minimum Gasteiger partial charge on any atom is -0.325 e. The van der Waals surface area contributed by atoms with Crippen LogP contribution in [-0.4, -0.2) is 34.9 Å². The summed E-state index contributed by atoms with van der Waals surface area (Å²) in [6, 6.07) is 0.189. The molecule has 232 valence electrons. The Morgan fingerprint density at radius 1 is 0.923 bits per heavy atom. The fourth-order valence-electron chi connectivity index (χ4n) is 5.02. The van der Waals surface area contributed by atoms with E-state index in [1.807, 2.05) is 13.8 Å². The number of hydrogen-bond donors (Lipinski definition) is 7. The molecule has 0 fully saturated rings. The quantitative estimate of drug-likeness (QED) is 0.0347. The summed E-state index contributed by atoms with van der Waals surface area (Å²) in [4.78, 5) is 0. The molecule has 0 aromatic carbocycles. The zero-order chi connectivity index (χ0) is 30.6. The van der Waals surface area contributed by atoms with Crippen molar-refractivity contribution < 1.29 is 0 Å². The Balaban J connectivity index is 3.89. The molecule has 10 N–H and O–H groups in total. The van der Waals surface area contributed by atoms with Gasteiger partial charge in [0, 0.05) is 57.7 Å². The third-order valence-corrected chi connectivity index (χ3v) is 20.5. The SMILES string of the molecule is C=C(C)C(C)(N)CC(C)(CC)NP1(NC(C)CCC)=NP(C)(NI)=NP(N)(NC(C)(CC)CC(C)(N)CC)=N1. The van der Waals surface area contributed by atoms with Crippen LogP contribution in [0.25, 0.3) is 0 Å². The first-order valence-electron chi connectivity index (χ1n) is 14.2. The molecule has 0 aromatic rings. The molecule has 8 unspecified atom stereocenters. The molecule has 1 aliphatic heterocycles. The van der Waals surface area contributed by atoms with Crippen molar-refractivity contribution in [3.63, 3.8) is 0 Å². The highest BCUT2D eigenvalue weighted by Crippen LogP contribution is 2.71. The average molecular weight is 721 g/mol.